The van der Waals surface area contributed by atoms with Crippen molar-refractivity contribution in [1.82, 2.24) is 5.32 Å². The molecular weight excluding hydrogens is 485 g/mol. The Morgan fingerprint density at radius 1 is 1.03 bits per heavy atom. The number of ether oxygens (including phenoxy) is 2. The van der Waals surface area contributed by atoms with E-state index in [4.69, 9.17) is 9.47 Å². The van der Waals surface area contributed by atoms with Gasteiger partial charge in [-0.3, -0.25) is 4.79 Å². The van der Waals surface area contributed by atoms with E-state index in [1.54, 1.807) is 20.8 Å². The molecule has 1 rings (SSSR count). The molecule has 6 nitrogen and oxygen atoms in total. The van der Waals surface area contributed by atoms with Gasteiger partial charge in [0, 0.05) is 16.4 Å². The van der Waals surface area contributed by atoms with Crippen molar-refractivity contribution in [3.8, 4) is 0 Å². The normalized spacial score (nSPS) is 12.2. The molecule has 162 valence electrons. The van der Waals surface area contributed by atoms with Crippen LogP contribution in [0, 0.1) is 3.57 Å². The van der Waals surface area contributed by atoms with Crippen molar-refractivity contribution in [2.24, 2.45) is 0 Å². The van der Waals surface area contributed by atoms with Crippen molar-refractivity contribution < 1.29 is 23.9 Å². The van der Waals surface area contributed by atoms with Crippen LogP contribution >= 0.6 is 22.6 Å². The van der Waals surface area contributed by atoms with Gasteiger partial charge in [0.15, 0.2) is 0 Å². The fourth-order valence-corrected chi connectivity index (χ4v) is 3.11. The lowest BCUT2D eigenvalue weighted by molar-refractivity contribution is -0.143. The predicted octanol–water partition coefficient (Wildman–Crippen LogP) is 4.81. The molecule has 0 spiro atoms. The summed E-state index contributed by atoms with van der Waals surface area (Å²) in [5.41, 5.74) is 0.538. The highest BCUT2D eigenvalue weighted by atomic mass is 127. The van der Waals surface area contributed by atoms with E-state index in [0.717, 1.165) is 19.3 Å². The Hall–Kier alpha value is -1.64. The molecular formula is C22H32INO5. The first-order valence-corrected chi connectivity index (χ1v) is 11.0. The summed E-state index contributed by atoms with van der Waals surface area (Å²) in [4.78, 5) is 35.8. The lowest BCUT2D eigenvalue weighted by Crippen LogP contribution is -2.44. The van der Waals surface area contributed by atoms with Crippen LogP contribution in [0.25, 0.3) is 0 Å². The maximum absolute atomic E-state index is 12.1. The number of carbonyl (C=O) groups excluding carboxylic acids is 3. The molecule has 0 aliphatic heterocycles. The maximum Gasteiger partial charge on any atom is 0.408 e. The van der Waals surface area contributed by atoms with Crippen LogP contribution in [0.3, 0.4) is 0 Å². The van der Waals surface area contributed by atoms with E-state index < -0.39 is 23.7 Å². The first-order valence-electron chi connectivity index (χ1n) is 9.94. The lowest BCUT2D eigenvalue weighted by atomic mass is 10.0. The Bertz CT molecular complexity index is 667. The zero-order valence-corrected chi connectivity index (χ0v) is 19.9. The summed E-state index contributed by atoms with van der Waals surface area (Å²) in [5.74, 6) is -0.246. The quantitative estimate of drug-likeness (QED) is 0.259. The number of Topliss-reactive ketones (excluding diaryl/α,β-unsaturated/α-hetero) is 1. The van der Waals surface area contributed by atoms with Gasteiger partial charge in [0.05, 0.1) is 7.11 Å². The van der Waals surface area contributed by atoms with Crippen LogP contribution in [0.15, 0.2) is 24.3 Å². The molecule has 0 unspecified atom stereocenters. The zero-order chi connectivity index (χ0) is 21.9. The second-order valence-electron chi connectivity index (χ2n) is 7.99. The van der Waals surface area contributed by atoms with E-state index in [1.165, 1.54) is 16.2 Å². The number of benzene rings is 1. The number of methoxy groups -OCH3 is 1. The molecule has 0 aliphatic carbocycles. The lowest BCUT2D eigenvalue weighted by Gasteiger charge is -2.22. The molecule has 0 fully saturated rings. The third kappa shape index (κ3) is 11.8. The standard InChI is InChI=1S/C22H32INO5/c1-22(2,3)29-21(27)24-19(20(26)28-4)9-7-5-6-8-18(25)15-12-16-10-13-17(23)14-11-16/h10-11,13-14,19H,5-9,12,15H2,1-4H3,(H,24,27)/t19-/m0/s1. The summed E-state index contributed by atoms with van der Waals surface area (Å²) >= 11 is 2.26. The average molecular weight is 517 g/mol. The van der Waals surface area contributed by atoms with Gasteiger partial charge in [-0.25, -0.2) is 9.59 Å². The topological polar surface area (TPSA) is 81.7 Å². The number of alkyl carbamates (subject to hydrolysis) is 1. The van der Waals surface area contributed by atoms with Crippen LogP contribution in [0.5, 0.6) is 0 Å². The third-order valence-corrected chi connectivity index (χ3v) is 4.95. The summed E-state index contributed by atoms with van der Waals surface area (Å²) < 4.78 is 11.1. The predicted molar refractivity (Wildman–Crippen MR) is 121 cm³/mol. The Balaban J connectivity index is 2.28. The van der Waals surface area contributed by atoms with Gasteiger partial charge < -0.3 is 14.8 Å². The van der Waals surface area contributed by atoms with Gasteiger partial charge in [-0.1, -0.05) is 25.0 Å². The third-order valence-electron chi connectivity index (χ3n) is 4.23. The SMILES string of the molecule is COC(=O)[C@H](CCCCCC(=O)CCc1ccc(I)cc1)NC(=O)OC(C)(C)C. The number of aryl methyl sites for hydroxylation is 1. The van der Waals surface area contributed by atoms with Gasteiger partial charge in [0.1, 0.15) is 17.4 Å². The van der Waals surface area contributed by atoms with Crippen molar-refractivity contribution in [2.75, 3.05) is 7.11 Å². The molecule has 0 aliphatic rings. The molecule has 1 amide bonds. The number of esters is 1. The van der Waals surface area contributed by atoms with Crippen LogP contribution in [0.1, 0.15) is 64.9 Å². The van der Waals surface area contributed by atoms with Crippen molar-refractivity contribution in [2.45, 2.75) is 77.4 Å². The molecule has 0 saturated heterocycles. The molecule has 0 bridgehead atoms. The number of hydrogen-bond acceptors (Lipinski definition) is 5. The Morgan fingerprint density at radius 2 is 1.69 bits per heavy atom. The van der Waals surface area contributed by atoms with Gasteiger partial charge in [-0.15, -0.1) is 0 Å². The second-order valence-corrected chi connectivity index (χ2v) is 9.23. The highest BCUT2D eigenvalue weighted by Gasteiger charge is 2.24. The first-order chi connectivity index (χ1) is 13.6. The number of carbonyl (C=O) groups is 3. The smallest absolute Gasteiger partial charge is 0.408 e. The number of ketones is 1. The van der Waals surface area contributed by atoms with E-state index in [2.05, 4.69) is 40.0 Å². The number of hydrogen-bond donors (Lipinski definition) is 1. The van der Waals surface area contributed by atoms with Gasteiger partial charge >= 0.3 is 12.1 Å². The average Bonchev–Trinajstić information content (AvgIpc) is 2.64. The molecule has 1 atom stereocenters. The summed E-state index contributed by atoms with van der Waals surface area (Å²) in [7, 11) is 1.29. The fraction of sp³-hybridized carbons (Fsp3) is 0.591. The molecule has 0 saturated carbocycles. The minimum absolute atomic E-state index is 0.250. The van der Waals surface area contributed by atoms with E-state index >= 15 is 0 Å². The van der Waals surface area contributed by atoms with Crippen molar-refractivity contribution in [1.29, 1.82) is 0 Å². The second kappa shape index (κ2) is 12.8. The molecule has 7 heteroatoms. The maximum atomic E-state index is 12.1. The molecule has 1 N–H and O–H groups in total. The number of rotatable bonds is 11. The van der Waals surface area contributed by atoms with E-state index in [0.29, 0.717) is 25.7 Å². The monoisotopic (exact) mass is 517 g/mol. The number of unbranched alkanes of at least 4 members (excludes halogenated alkanes) is 2. The van der Waals surface area contributed by atoms with E-state index in [1.807, 2.05) is 12.1 Å². The molecule has 1 aromatic rings. The first kappa shape index (κ1) is 25.4. The molecule has 1 aromatic carbocycles. The number of halogens is 1. The number of nitrogens with one attached hydrogen (secondary N) is 1. The molecule has 0 radical (unpaired) electrons. The van der Waals surface area contributed by atoms with Gasteiger partial charge in [-0.2, -0.15) is 0 Å². The Morgan fingerprint density at radius 3 is 2.28 bits per heavy atom. The highest BCUT2D eigenvalue weighted by Crippen LogP contribution is 2.13. The molecule has 0 aromatic heterocycles. The van der Waals surface area contributed by atoms with Crippen molar-refractivity contribution in [3.63, 3.8) is 0 Å². The van der Waals surface area contributed by atoms with E-state index in [-0.39, 0.29) is 5.78 Å². The Labute approximate surface area is 187 Å². The van der Waals surface area contributed by atoms with Crippen LogP contribution < -0.4 is 5.32 Å². The fourth-order valence-electron chi connectivity index (χ4n) is 2.75. The minimum Gasteiger partial charge on any atom is -0.467 e. The minimum atomic E-state index is -0.744. The summed E-state index contributed by atoms with van der Waals surface area (Å²) in [6.45, 7) is 5.28. The van der Waals surface area contributed by atoms with Gasteiger partial charge in [0.25, 0.3) is 0 Å². The molecule has 0 heterocycles. The van der Waals surface area contributed by atoms with Crippen molar-refractivity contribution in [3.05, 3.63) is 33.4 Å². The summed E-state index contributed by atoms with van der Waals surface area (Å²) in [6.07, 6.45) is 3.93. The van der Waals surface area contributed by atoms with E-state index in [9.17, 15) is 14.4 Å². The number of amides is 1. The highest BCUT2D eigenvalue weighted by molar-refractivity contribution is 14.1. The van der Waals surface area contributed by atoms with Crippen LogP contribution in [0.2, 0.25) is 0 Å². The summed E-state index contributed by atoms with van der Waals surface area (Å²) in [5, 5.41) is 2.56. The largest absolute Gasteiger partial charge is 0.467 e. The zero-order valence-electron chi connectivity index (χ0n) is 17.8. The summed E-state index contributed by atoms with van der Waals surface area (Å²) in [6, 6.07) is 7.46. The molecule has 29 heavy (non-hydrogen) atoms. The van der Waals surface area contributed by atoms with Gasteiger partial charge in [-0.05, 0) is 80.3 Å². The Kier molecular flexibility index (Phi) is 11.2. The van der Waals surface area contributed by atoms with Crippen LogP contribution in [-0.2, 0) is 25.5 Å². The van der Waals surface area contributed by atoms with Gasteiger partial charge in [0.2, 0.25) is 0 Å². The van der Waals surface area contributed by atoms with Crippen LogP contribution in [0.4, 0.5) is 4.79 Å². The van der Waals surface area contributed by atoms with Crippen molar-refractivity contribution >= 4 is 40.4 Å². The van der Waals surface area contributed by atoms with Crippen LogP contribution in [-0.4, -0.2) is 36.6 Å².